The lowest BCUT2D eigenvalue weighted by atomic mass is 9.83. The topological polar surface area (TPSA) is 0 Å². The number of hydrogen-bond donors (Lipinski definition) is 0. The van der Waals surface area contributed by atoms with Gasteiger partial charge in [-0.2, -0.15) is 0 Å². The molecule has 0 unspecified atom stereocenters. The fraction of sp³-hybridized carbons (Fsp3) is 0.154. The van der Waals surface area contributed by atoms with Crippen molar-refractivity contribution in [2.45, 2.75) is 27.7 Å². The zero-order chi connectivity index (χ0) is 18.5. The average Bonchev–Trinajstić information content (AvgIpc) is 2.68. The number of fused-ring (bicyclic) bond motifs is 1. The maximum Gasteiger partial charge on any atom is -0.00298 e. The Bertz CT molecular complexity index is 999. The van der Waals surface area contributed by atoms with Crippen molar-refractivity contribution in [3.8, 4) is 11.1 Å². The van der Waals surface area contributed by atoms with Gasteiger partial charge in [-0.15, -0.1) is 0 Å². The van der Waals surface area contributed by atoms with Crippen molar-refractivity contribution in [2.24, 2.45) is 0 Å². The monoisotopic (exact) mass is 338 g/mol. The van der Waals surface area contributed by atoms with Crippen LogP contribution in [0.25, 0.3) is 33.5 Å². The molecule has 0 radical (unpaired) electrons. The third-order valence-corrected chi connectivity index (χ3v) is 4.86. The molecule has 0 aromatic heterocycles. The van der Waals surface area contributed by atoms with Crippen LogP contribution in [0.5, 0.6) is 0 Å². The smallest absolute Gasteiger partial charge is 0.00298 e. The molecule has 0 fully saturated rings. The first-order valence-electron chi connectivity index (χ1n) is 9.25. The molecule has 0 heteroatoms. The van der Waals surface area contributed by atoms with E-state index in [9.17, 15) is 0 Å². The molecule has 0 bridgehead atoms. The summed E-state index contributed by atoms with van der Waals surface area (Å²) in [7, 11) is 0. The fourth-order valence-electron chi connectivity index (χ4n) is 3.75. The molecule has 0 aliphatic heterocycles. The summed E-state index contributed by atoms with van der Waals surface area (Å²) >= 11 is 0. The van der Waals surface area contributed by atoms with E-state index in [1.165, 1.54) is 44.2 Å². The Morgan fingerprint density at radius 1 is 0.769 bits per heavy atom. The maximum absolute atomic E-state index is 2.25. The van der Waals surface area contributed by atoms with Crippen molar-refractivity contribution in [1.82, 2.24) is 0 Å². The normalized spacial score (nSPS) is 12.5. The molecule has 0 aliphatic rings. The van der Waals surface area contributed by atoms with Gasteiger partial charge in [-0.3, -0.25) is 0 Å². The molecule has 0 amide bonds. The first-order valence-corrected chi connectivity index (χ1v) is 9.25. The minimum atomic E-state index is 1.26. The van der Waals surface area contributed by atoms with Gasteiger partial charge in [0, 0.05) is 0 Å². The average molecular weight is 338 g/mol. The fourth-order valence-corrected chi connectivity index (χ4v) is 3.75. The van der Waals surface area contributed by atoms with Crippen LogP contribution in [-0.2, 0) is 0 Å². The molecule has 0 atom stereocenters. The first kappa shape index (κ1) is 17.9. The molecule has 130 valence electrons. The van der Waals surface area contributed by atoms with Crippen molar-refractivity contribution in [1.29, 1.82) is 0 Å². The molecule has 26 heavy (non-hydrogen) atoms. The summed E-state index contributed by atoms with van der Waals surface area (Å²) in [5.41, 5.74) is 7.81. The standard InChI is InChI=1S/C26H26/c1-5-13-20(7-3)25-19(4)22(14-6-2)26(21-15-9-8-10-16-21)24-18-12-11-17-23(24)25/h5-18H,1-4H3/b13-5-,14-6-,20-7+. The molecule has 3 aromatic carbocycles. The summed E-state index contributed by atoms with van der Waals surface area (Å²) in [6, 6.07) is 19.5. The Hall–Kier alpha value is -2.86. The van der Waals surface area contributed by atoms with Gasteiger partial charge < -0.3 is 0 Å². The van der Waals surface area contributed by atoms with Crippen LogP contribution < -0.4 is 0 Å². The molecular formula is C26H26. The van der Waals surface area contributed by atoms with E-state index in [1.807, 2.05) is 0 Å². The molecule has 3 rings (SSSR count). The second-order valence-electron chi connectivity index (χ2n) is 6.44. The van der Waals surface area contributed by atoms with Crippen LogP contribution >= 0.6 is 0 Å². The number of allylic oxidation sites excluding steroid dienone is 5. The number of hydrogen-bond acceptors (Lipinski definition) is 0. The zero-order valence-corrected chi connectivity index (χ0v) is 16.1. The quantitative estimate of drug-likeness (QED) is 0.425. The summed E-state index contributed by atoms with van der Waals surface area (Å²) in [5, 5.41) is 2.61. The van der Waals surface area contributed by atoms with Gasteiger partial charge in [0.2, 0.25) is 0 Å². The van der Waals surface area contributed by atoms with Gasteiger partial charge in [-0.25, -0.2) is 0 Å². The summed E-state index contributed by atoms with van der Waals surface area (Å²) in [6.07, 6.45) is 10.9. The largest absolute Gasteiger partial charge is 0.0871 e. The van der Waals surface area contributed by atoms with E-state index < -0.39 is 0 Å². The van der Waals surface area contributed by atoms with Crippen LogP contribution in [0.3, 0.4) is 0 Å². The summed E-state index contributed by atoms with van der Waals surface area (Å²) in [6.45, 7) is 8.53. The Balaban J connectivity index is 2.52. The predicted molar refractivity (Wildman–Crippen MR) is 117 cm³/mol. The Labute approximate surface area is 157 Å². The van der Waals surface area contributed by atoms with E-state index in [0.29, 0.717) is 0 Å². The van der Waals surface area contributed by atoms with Gasteiger partial charge in [0.25, 0.3) is 0 Å². The van der Waals surface area contributed by atoms with Gasteiger partial charge in [-0.05, 0) is 71.9 Å². The van der Waals surface area contributed by atoms with E-state index >= 15 is 0 Å². The van der Waals surface area contributed by atoms with Gasteiger partial charge in [-0.1, -0.05) is 85.0 Å². The molecule has 0 nitrogen and oxygen atoms in total. The predicted octanol–water partition coefficient (Wildman–Crippen LogP) is 7.83. The highest BCUT2D eigenvalue weighted by Crippen LogP contribution is 2.40. The van der Waals surface area contributed by atoms with Crippen LogP contribution in [0, 0.1) is 6.92 Å². The Kier molecular flexibility index (Phi) is 5.53. The Morgan fingerprint density at radius 3 is 2.04 bits per heavy atom. The molecule has 0 N–H and O–H groups in total. The van der Waals surface area contributed by atoms with Gasteiger partial charge in [0.15, 0.2) is 0 Å². The lowest BCUT2D eigenvalue weighted by Gasteiger charge is -2.20. The number of rotatable bonds is 4. The maximum atomic E-state index is 2.25. The van der Waals surface area contributed by atoms with Crippen LogP contribution in [0.15, 0.2) is 78.9 Å². The molecule has 3 aromatic rings. The SMILES string of the molecule is C/C=C\C(=C/C)c1c(C)c(/C=C\C)c(-c2ccccc2)c2ccccc12. The van der Waals surface area contributed by atoms with Crippen LogP contribution in [-0.4, -0.2) is 0 Å². The molecule has 0 spiro atoms. The highest BCUT2D eigenvalue weighted by atomic mass is 14.2. The van der Waals surface area contributed by atoms with Crippen LogP contribution in [0.2, 0.25) is 0 Å². The third-order valence-electron chi connectivity index (χ3n) is 4.86. The van der Waals surface area contributed by atoms with E-state index in [-0.39, 0.29) is 0 Å². The van der Waals surface area contributed by atoms with Gasteiger partial charge >= 0.3 is 0 Å². The lowest BCUT2D eigenvalue weighted by molar-refractivity contribution is 1.42. The van der Waals surface area contributed by atoms with Gasteiger partial charge in [0.05, 0.1) is 0 Å². The van der Waals surface area contributed by atoms with Crippen LogP contribution in [0.1, 0.15) is 37.5 Å². The molecule has 0 saturated heterocycles. The van der Waals surface area contributed by atoms with Crippen molar-refractivity contribution in [3.05, 3.63) is 95.6 Å². The van der Waals surface area contributed by atoms with E-state index in [4.69, 9.17) is 0 Å². The van der Waals surface area contributed by atoms with Gasteiger partial charge in [0.1, 0.15) is 0 Å². The number of benzene rings is 3. The highest BCUT2D eigenvalue weighted by Gasteiger charge is 2.17. The van der Waals surface area contributed by atoms with Crippen molar-refractivity contribution in [3.63, 3.8) is 0 Å². The third kappa shape index (κ3) is 3.15. The second kappa shape index (κ2) is 8.01. The van der Waals surface area contributed by atoms with E-state index in [1.54, 1.807) is 0 Å². The minimum Gasteiger partial charge on any atom is -0.0871 e. The molecular weight excluding hydrogens is 312 g/mol. The molecule has 0 aliphatic carbocycles. The molecule has 0 saturated carbocycles. The van der Waals surface area contributed by atoms with Crippen molar-refractivity contribution < 1.29 is 0 Å². The summed E-state index contributed by atoms with van der Waals surface area (Å²) in [4.78, 5) is 0. The highest BCUT2D eigenvalue weighted by molar-refractivity contribution is 6.08. The second-order valence-corrected chi connectivity index (χ2v) is 6.44. The summed E-state index contributed by atoms with van der Waals surface area (Å²) in [5.74, 6) is 0. The Morgan fingerprint density at radius 2 is 1.42 bits per heavy atom. The van der Waals surface area contributed by atoms with Crippen molar-refractivity contribution in [2.75, 3.05) is 0 Å². The van der Waals surface area contributed by atoms with Crippen LogP contribution in [0.4, 0.5) is 0 Å². The van der Waals surface area contributed by atoms with E-state index in [0.717, 1.165) is 0 Å². The van der Waals surface area contributed by atoms with E-state index in [2.05, 4.69) is 113 Å². The zero-order valence-electron chi connectivity index (χ0n) is 16.1. The minimum absolute atomic E-state index is 1.26. The molecule has 0 heterocycles. The summed E-state index contributed by atoms with van der Waals surface area (Å²) < 4.78 is 0. The first-order chi connectivity index (χ1) is 12.7. The lowest BCUT2D eigenvalue weighted by Crippen LogP contribution is -1.98. The van der Waals surface area contributed by atoms with Crippen molar-refractivity contribution >= 4 is 22.4 Å².